The van der Waals surface area contributed by atoms with Crippen molar-refractivity contribution >= 4 is 29.0 Å². The zero-order valence-electron chi connectivity index (χ0n) is 13.8. The predicted octanol–water partition coefficient (Wildman–Crippen LogP) is 3.39. The molecule has 1 unspecified atom stereocenters. The van der Waals surface area contributed by atoms with Crippen LogP contribution in [0.4, 0.5) is 14.5 Å². The van der Waals surface area contributed by atoms with Crippen LogP contribution < -0.4 is 10.2 Å². The highest BCUT2D eigenvalue weighted by Gasteiger charge is 2.23. The van der Waals surface area contributed by atoms with Gasteiger partial charge in [-0.15, -0.1) is 11.3 Å². The lowest BCUT2D eigenvalue weighted by Gasteiger charge is -2.19. The van der Waals surface area contributed by atoms with Gasteiger partial charge in [0.05, 0.1) is 10.7 Å². The topological polar surface area (TPSA) is 45.2 Å². The SMILES string of the molecule is Cc1nc(/C=C/C(=O)NCC2CCN(c3ccc(F)c(F)c3)C2)cs1. The number of rotatable bonds is 5. The van der Waals surface area contributed by atoms with Crippen molar-refractivity contribution in [3.63, 3.8) is 0 Å². The third kappa shape index (κ3) is 4.63. The molecule has 0 aliphatic carbocycles. The standard InChI is InChI=1S/C18H19F2N3OS/c1-12-22-14(11-25-12)2-5-18(24)21-9-13-6-7-23(10-13)15-3-4-16(19)17(20)8-15/h2-5,8,11,13H,6-7,9-10H2,1H3,(H,21,24)/b5-2+. The normalized spacial score (nSPS) is 17.4. The average Bonchev–Trinajstić information content (AvgIpc) is 3.22. The number of nitrogens with one attached hydrogen (secondary N) is 1. The molecule has 1 atom stereocenters. The minimum atomic E-state index is -0.839. The summed E-state index contributed by atoms with van der Waals surface area (Å²) in [5.74, 6) is -1.55. The number of hydrogen-bond donors (Lipinski definition) is 1. The quantitative estimate of drug-likeness (QED) is 0.829. The minimum absolute atomic E-state index is 0.156. The highest BCUT2D eigenvalue weighted by atomic mass is 32.1. The van der Waals surface area contributed by atoms with Crippen molar-refractivity contribution in [1.29, 1.82) is 0 Å². The third-order valence-corrected chi connectivity index (χ3v) is 4.95. The first kappa shape index (κ1) is 17.5. The summed E-state index contributed by atoms with van der Waals surface area (Å²) in [6.45, 7) is 3.94. The van der Waals surface area contributed by atoms with Crippen molar-refractivity contribution in [1.82, 2.24) is 10.3 Å². The Morgan fingerprint density at radius 3 is 3.00 bits per heavy atom. The van der Waals surface area contributed by atoms with E-state index in [2.05, 4.69) is 10.3 Å². The largest absolute Gasteiger partial charge is 0.371 e. The number of halogens is 2. The van der Waals surface area contributed by atoms with Crippen LogP contribution in [0.1, 0.15) is 17.1 Å². The lowest BCUT2D eigenvalue weighted by atomic mass is 10.1. The molecule has 1 amide bonds. The number of carbonyl (C=O) groups is 1. The van der Waals surface area contributed by atoms with Crippen LogP contribution in [0.15, 0.2) is 29.7 Å². The molecule has 25 heavy (non-hydrogen) atoms. The van der Waals surface area contributed by atoms with Gasteiger partial charge in [0.2, 0.25) is 5.91 Å². The molecule has 1 aliphatic heterocycles. The van der Waals surface area contributed by atoms with E-state index in [0.29, 0.717) is 18.8 Å². The fourth-order valence-corrected chi connectivity index (χ4v) is 3.42. The molecule has 0 spiro atoms. The fourth-order valence-electron chi connectivity index (χ4n) is 2.84. The molecule has 0 radical (unpaired) electrons. The molecule has 1 fully saturated rings. The summed E-state index contributed by atoms with van der Waals surface area (Å²) in [5, 5.41) is 5.74. The number of anilines is 1. The van der Waals surface area contributed by atoms with Gasteiger partial charge in [0.15, 0.2) is 11.6 Å². The van der Waals surface area contributed by atoms with Crippen molar-refractivity contribution in [3.8, 4) is 0 Å². The molecule has 0 saturated carbocycles. The molecule has 2 heterocycles. The first-order valence-corrected chi connectivity index (χ1v) is 8.97. The van der Waals surface area contributed by atoms with Crippen LogP contribution in [-0.2, 0) is 4.79 Å². The number of aryl methyl sites for hydroxylation is 1. The summed E-state index contributed by atoms with van der Waals surface area (Å²) in [4.78, 5) is 18.2. The minimum Gasteiger partial charge on any atom is -0.371 e. The Labute approximate surface area is 149 Å². The van der Waals surface area contributed by atoms with E-state index in [0.717, 1.165) is 29.7 Å². The summed E-state index contributed by atoms with van der Waals surface area (Å²) in [5.41, 5.74) is 1.45. The molecule has 1 aliphatic rings. The summed E-state index contributed by atoms with van der Waals surface area (Å²) < 4.78 is 26.4. The molecule has 7 heteroatoms. The predicted molar refractivity (Wildman–Crippen MR) is 95.6 cm³/mol. The van der Waals surface area contributed by atoms with Gasteiger partial charge in [-0.05, 0) is 37.5 Å². The summed E-state index contributed by atoms with van der Waals surface area (Å²) in [6.07, 6.45) is 4.08. The molecule has 1 N–H and O–H groups in total. The fraction of sp³-hybridized carbons (Fsp3) is 0.333. The maximum Gasteiger partial charge on any atom is 0.244 e. The van der Waals surface area contributed by atoms with Crippen LogP contribution in [0.2, 0.25) is 0 Å². The van der Waals surface area contributed by atoms with Gasteiger partial charge in [0.25, 0.3) is 0 Å². The van der Waals surface area contributed by atoms with Crippen molar-refractivity contribution in [2.45, 2.75) is 13.3 Å². The second kappa shape index (κ2) is 7.74. The highest BCUT2D eigenvalue weighted by Crippen LogP contribution is 2.25. The number of aromatic nitrogens is 1. The van der Waals surface area contributed by atoms with Gasteiger partial charge in [-0.25, -0.2) is 13.8 Å². The Balaban J connectivity index is 1.47. The van der Waals surface area contributed by atoms with E-state index < -0.39 is 11.6 Å². The van der Waals surface area contributed by atoms with E-state index in [4.69, 9.17) is 0 Å². The van der Waals surface area contributed by atoms with Gasteiger partial charge < -0.3 is 10.2 Å². The molecule has 4 nitrogen and oxygen atoms in total. The molecule has 1 aromatic heterocycles. The smallest absolute Gasteiger partial charge is 0.244 e. The van der Waals surface area contributed by atoms with Gasteiger partial charge in [0, 0.05) is 42.8 Å². The monoisotopic (exact) mass is 363 g/mol. The van der Waals surface area contributed by atoms with Crippen LogP contribution in [0, 0.1) is 24.5 Å². The molecule has 1 aromatic carbocycles. The highest BCUT2D eigenvalue weighted by molar-refractivity contribution is 7.09. The van der Waals surface area contributed by atoms with Crippen LogP contribution in [-0.4, -0.2) is 30.5 Å². The van der Waals surface area contributed by atoms with Gasteiger partial charge in [-0.3, -0.25) is 4.79 Å². The molecular weight excluding hydrogens is 344 g/mol. The summed E-state index contributed by atoms with van der Waals surface area (Å²) >= 11 is 1.54. The zero-order valence-corrected chi connectivity index (χ0v) is 14.7. The number of hydrogen-bond acceptors (Lipinski definition) is 4. The molecule has 3 rings (SSSR count). The van der Waals surface area contributed by atoms with Gasteiger partial charge in [-0.1, -0.05) is 0 Å². The van der Waals surface area contributed by atoms with Gasteiger partial charge in [-0.2, -0.15) is 0 Å². The van der Waals surface area contributed by atoms with Crippen LogP contribution in [0.3, 0.4) is 0 Å². The Morgan fingerprint density at radius 1 is 1.44 bits per heavy atom. The zero-order chi connectivity index (χ0) is 17.8. The van der Waals surface area contributed by atoms with E-state index in [9.17, 15) is 13.6 Å². The van der Waals surface area contributed by atoms with E-state index in [1.807, 2.05) is 17.2 Å². The molecule has 2 aromatic rings. The van der Waals surface area contributed by atoms with E-state index in [1.165, 1.54) is 12.1 Å². The van der Waals surface area contributed by atoms with E-state index in [-0.39, 0.29) is 11.8 Å². The van der Waals surface area contributed by atoms with Gasteiger partial charge in [0.1, 0.15) is 0 Å². The first-order valence-electron chi connectivity index (χ1n) is 8.09. The van der Waals surface area contributed by atoms with Crippen LogP contribution in [0.25, 0.3) is 6.08 Å². The van der Waals surface area contributed by atoms with E-state index >= 15 is 0 Å². The molecule has 1 saturated heterocycles. The van der Waals surface area contributed by atoms with Crippen LogP contribution in [0.5, 0.6) is 0 Å². The lowest BCUT2D eigenvalue weighted by Crippen LogP contribution is -2.29. The second-order valence-electron chi connectivity index (χ2n) is 6.07. The molecule has 132 valence electrons. The van der Waals surface area contributed by atoms with Crippen molar-refractivity contribution in [2.24, 2.45) is 5.92 Å². The average molecular weight is 363 g/mol. The van der Waals surface area contributed by atoms with Crippen molar-refractivity contribution < 1.29 is 13.6 Å². The number of nitrogens with zero attached hydrogens (tertiary/aromatic N) is 2. The Morgan fingerprint density at radius 2 is 2.28 bits per heavy atom. The number of amides is 1. The third-order valence-electron chi connectivity index (χ3n) is 4.16. The Bertz CT molecular complexity index is 790. The van der Waals surface area contributed by atoms with Crippen LogP contribution >= 0.6 is 11.3 Å². The summed E-state index contributed by atoms with van der Waals surface area (Å²) in [7, 11) is 0. The number of benzene rings is 1. The van der Waals surface area contributed by atoms with Crippen molar-refractivity contribution in [3.05, 3.63) is 52.0 Å². The van der Waals surface area contributed by atoms with Gasteiger partial charge >= 0.3 is 0 Å². The first-order chi connectivity index (χ1) is 12.0. The van der Waals surface area contributed by atoms with Crippen molar-refractivity contribution in [2.75, 3.05) is 24.5 Å². The maximum absolute atomic E-state index is 13.3. The van der Waals surface area contributed by atoms with E-state index in [1.54, 1.807) is 23.5 Å². The molecule has 0 bridgehead atoms. The molecular formula is C18H19F2N3OS. The Hall–Kier alpha value is -2.28. The number of carbonyl (C=O) groups excluding carboxylic acids is 1. The lowest BCUT2D eigenvalue weighted by molar-refractivity contribution is -0.116. The summed E-state index contributed by atoms with van der Waals surface area (Å²) in [6, 6.07) is 3.94. The second-order valence-corrected chi connectivity index (χ2v) is 7.13. The number of thiazole rings is 1. The Kier molecular flexibility index (Phi) is 5.43. The maximum atomic E-state index is 13.3.